The van der Waals surface area contributed by atoms with Gasteiger partial charge in [0.25, 0.3) is 0 Å². The molecule has 1 saturated heterocycles. The predicted molar refractivity (Wildman–Crippen MR) is 103 cm³/mol. The van der Waals surface area contributed by atoms with Gasteiger partial charge in [-0.3, -0.25) is 4.79 Å². The number of methoxy groups -OCH3 is 1. The van der Waals surface area contributed by atoms with E-state index in [4.69, 9.17) is 10.5 Å². The highest BCUT2D eigenvalue weighted by molar-refractivity contribution is 5.85. The smallest absolute Gasteiger partial charge is 0.223 e. The van der Waals surface area contributed by atoms with Gasteiger partial charge in [0, 0.05) is 13.0 Å². The van der Waals surface area contributed by atoms with Crippen molar-refractivity contribution in [1.82, 2.24) is 4.90 Å². The third kappa shape index (κ3) is 4.48. The van der Waals surface area contributed by atoms with Crippen molar-refractivity contribution in [3.8, 4) is 5.75 Å². The average molecular weight is 367 g/mol. The molecular weight excluding hydrogens is 336 g/mol. The van der Waals surface area contributed by atoms with Crippen LogP contribution in [0.1, 0.15) is 63.0 Å². The molecule has 0 radical (unpaired) electrons. The molecule has 1 heterocycles. The number of carbonyl (C=O) groups excluding carboxylic acids is 1. The van der Waals surface area contributed by atoms with Crippen molar-refractivity contribution in [2.75, 3.05) is 20.2 Å². The number of amides is 1. The Morgan fingerprint density at radius 2 is 1.88 bits per heavy atom. The molecule has 0 spiro atoms. The van der Waals surface area contributed by atoms with Gasteiger partial charge in [-0.15, -0.1) is 12.4 Å². The fourth-order valence-corrected chi connectivity index (χ4v) is 4.42. The number of nitrogens with zero attached hydrogens (tertiary/aromatic N) is 1. The Balaban J connectivity index is 0.00000225. The van der Waals surface area contributed by atoms with E-state index in [0.29, 0.717) is 18.9 Å². The molecule has 2 N–H and O–H groups in total. The third-order valence-corrected chi connectivity index (χ3v) is 5.95. The number of ether oxygens (including phenoxy) is 1. The fraction of sp³-hybridized carbons (Fsp3) is 0.650. The van der Waals surface area contributed by atoms with Crippen molar-refractivity contribution in [3.63, 3.8) is 0 Å². The number of likely N-dealkylation sites (tertiary alicyclic amines) is 1. The molecule has 2 fully saturated rings. The molecule has 3 rings (SSSR count). The summed E-state index contributed by atoms with van der Waals surface area (Å²) in [6.07, 6.45) is 8.68. The summed E-state index contributed by atoms with van der Waals surface area (Å²) in [7, 11) is 1.68. The van der Waals surface area contributed by atoms with Gasteiger partial charge in [0.2, 0.25) is 5.91 Å². The van der Waals surface area contributed by atoms with Gasteiger partial charge in [-0.25, -0.2) is 0 Å². The zero-order valence-electron chi connectivity index (χ0n) is 15.2. The molecule has 1 amide bonds. The van der Waals surface area contributed by atoms with Crippen molar-refractivity contribution in [2.45, 2.75) is 57.4 Å². The summed E-state index contributed by atoms with van der Waals surface area (Å²) in [5.41, 5.74) is 7.34. The monoisotopic (exact) mass is 366 g/mol. The van der Waals surface area contributed by atoms with E-state index in [1.54, 1.807) is 7.11 Å². The number of carbonyl (C=O) groups is 1. The Bertz CT molecular complexity index is 555. The molecule has 5 heteroatoms. The lowest BCUT2D eigenvalue weighted by Crippen LogP contribution is -2.40. The lowest BCUT2D eigenvalue weighted by molar-refractivity contribution is -0.135. The lowest BCUT2D eigenvalue weighted by atomic mass is 9.71. The Hall–Kier alpha value is -1.26. The van der Waals surface area contributed by atoms with Crippen LogP contribution < -0.4 is 10.5 Å². The summed E-state index contributed by atoms with van der Waals surface area (Å²) in [6, 6.07) is 8.36. The molecule has 0 aromatic heterocycles. The second-order valence-electron chi connectivity index (χ2n) is 7.46. The van der Waals surface area contributed by atoms with E-state index in [1.807, 2.05) is 12.1 Å². The van der Waals surface area contributed by atoms with Crippen LogP contribution in [0.3, 0.4) is 0 Å². The van der Waals surface area contributed by atoms with Crippen LogP contribution >= 0.6 is 12.4 Å². The first-order valence-electron chi connectivity index (χ1n) is 9.31. The van der Waals surface area contributed by atoms with Crippen molar-refractivity contribution in [1.29, 1.82) is 0 Å². The summed E-state index contributed by atoms with van der Waals surface area (Å²) in [4.78, 5) is 15.1. The molecule has 1 saturated carbocycles. The largest absolute Gasteiger partial charge is 0.497 e. The molecular formula is C20H31ClN2O2. The first-order chi connectivity index (χ1) is 11.7. The van der Waals surface area contributed by atoms with E-state index in [2.05, 4.69) is 17.0 Å². The maximum Gasteiger partial charge on any atom is 0.223 e. The highest BCUT2D eigenvalue weighted by atomic mass is 35.5. The van der Waals surface area contributed by atoms with Gasteiger partial charge in [0.15, 0.2) is 0 Å². The van der Waals surface area contributed by atoms with Gasteiger partial charge in [0.1, 0.15) is 5.75 Å². The predicted octanol–water partition coefficient (Wildman–Crippen LogP) is 4.08. The summed E-state index contributed by atoms with van der Waals surface area (Å²) in [5, 5.41) is 0. The Labute approximate surface area is 157 Å². The highest BCUT2D eigenvalue weighted by Gasteiger charge is 2.37. The zero-order valence-corrected chi connectivity index (χ0v) is 16.0. The van der Waals surface area contributed by atoms with Gasteiger partial charge < -0.3 is 15.4 Å². The van der Waals surface area contributed by atoms with Gasteiger partial charge in [0.05, 0.1) is 13.2 Å². The fourth-order valence-electron chi connectivity index (χ4n) is 4.42. The molecule has 2 aliphatic rings. The van der Waals surface area contributed by atoms with Crippen LogP contribution in [0, 0.1) is 5.41 Å². The van der Waals surface area contributed by atoms with E-state index in [9.17, 15) is 4.79 Å². The van der Waals surface area contributed by atoms with Crippen LogP contribution in [0.4, 0.5) is 0 Å². The molecule has 1 unspecified atom stereocenters. The van der Waals surface area contributed by atoms with Crippen LogP contribution in [0.25, 0.3) is 0 Å². The minimum absolute atomic E-state index is 0. The maximum absolute atomic E-state index is 13.0. The number of rotatable bonds is 5. The first-order valence-corrected chi connectivity index (χ1v) is 9.31. The number of nitrogens with two attached hydrogens (primary N) is 1. The minimum atomic E-state index is 0. The summed E-state index contributed by atoms with van der Waals surface area (Å²) < 4.78 is 5.24. The van der Waals surface area contributed by atoms with E-state index in [-0.39, 0.29) is 23.9 Å². The van der Waals surface area contributed by atoms with Crippen LogP contribution in [-0.4, -0.2) is 31.0 Å². The molecule has 1 aromatic rings. The molecule has 1 aromatic carbocycles. The van der Waals surface area contributed by atoms with Gasteiger partial charge in [-0.2, -0.15) is 0 Å². The minimum Gasteiger partial charge on any atom is -0.497 e. The second-order valence-corrected chi connectivity index (χ2v) is 7.46. The molecule has 4 nitrogen and oxygen atoms in total. The number of hydrogen-bond donors (Lipinski definition) is 1. The second kappa shape index (κ2) is 8.91. The summed E-state index contributed by atoms with van der Waals surface area (Å²) in [6.45, 7) is 1.51. The Kier molecular flexibility index (Phi) is 7.14. The first kappa shape index (κ1) is 20.1. The quantitative estimate of drug-likeness (QED) is 0.854. The average Bonchev–Trinajstić information content (AvgIpc) is 3.12. The summed E-state index contributed by atoms with van der Waals surface area (Å²) >= 11 is 0. The van der Waals surface area contributed by atoms with Crippen LogP contribution in [0.15, 0.2) is 24.3 Å². The SMILES string of the molecule is COc1ccc(C2CCCN2C(=O)CC2(CN)CCCCC2)cc1.Cl. The summed E-state index contributed by atoms with van der Waals surface area (Å²) in [5.74, 6) is 1.15. The van der Waals surface area contributed by atoms with Crippen molar-refractivity contribution in [2.24, 2.45) is 11.1 Å². The molecule has 25 heavy (non-hydrogen) atoms. The number of hydrogen-bond acceptors (Lipinski definition) is 3. The maximum atomic E-state index is 13.0. The van der Waals surface area contributed by atoms with Gasteiger partial charge >= 0.3 is 0 Å². The van der Waals surface area contributed by atoms with E-state index in [0.717, 1.165) is 38.0 Å². The van der Waals surface area contributed by atoms with Crippen LogP contribution in [0.2, 0.25) is 0 Å². The third-order valence-electron chi connectivity index (χ3n) is 5.95. The molecule has 1 atom stereocenters. The molecule has 1 aliphatic carbocycles. The van der Waals surface area contributed by atoms with Crippen molar-refractivity contribution in [3.05, 3.63) is 29.8 Å². The van der Waals surface area contributed by atoms with Gasteiger partial charge in [-0.05, 0) is 55.3 Å². The topological polar surface area (TPSA) is 55.6 Å². The molecule has 0 bridgehead atoms. The van der Waals surface area contributed by atoms with Crippen molar-refractivity contribution >= 4 is 18.3 Å². The molecule has 1 aliphatic heterocycles. The normalized spacial score (nSPS) is 22.3. The number of benzene rings is 1. The van der Waals surface area contributed by atoms with Crippen LogP contribution in [-0.2, 0) is 4.79 Å². The Morgan fingerprint density at radius 1 is 1.20 bits per heavy atom. The standard InChI is InChI=1S/C20H30N2O2.ClH/c1-24-17-9-7-16(8-10-17)18-6-5-13-22(18)19(23)14-20(15-21)11-3-2-4-12-20;/h7-10,18H,2-6,11-15,21H2,1H3;1H. The zero-order chi connectivity index (χ0) is 17.0. The highest BCUT2D eigenvalue weighted by Crippen LogP contribution is 2.41. The lowest BCUT2D eigenvalue weighted by Gasteiger charge is -2.37. The van der Waals surface area contributed by atoms with Crippen molar-refractivity contribution < 1.29 is 9.53 Å². The number of halogens is 1. The Morgan fingerprint density at radius 3 is 2.48 bits per heavy atom. The van der Waals surface area contributed by atoms with E-state index >= 15 is 0 Å². The molecule has 140 valence electrons. The van der Waals surface area contributed by atoms with E-state index in [1.165, 1.54) is 24.8 Å². The van der Waals surface area contributed by atoms with Crippen LogP contribution in [0.5, 0.6) is 5.75 Å². The van der Waals surface area contributed by atoms with Gasteiger partial charge in [-0.1, -0.05) is 31.4 Å². The van der Waals surface area contributed by atoms with E-state index < -0.39 is 0 Å².